The number of thiazole rings is 1. The number of carboxylic acid groups (broad SMARTS) is 1. The Morgan fingerprint density at radius 1 is 1.09 bits per heavy atom. The van der Waals surface area contributed by atoms with E-state index in [4.69, 9.17) is 26.4 Å². The second-order valence-electron chi connectivity index (χ2n) is 12.9. The Morgan fingerprint density at radius 3 is 2.43 bits per heavy atom. The average Bonchev–Trinajstić information content (AvgIpc) is 3.68. The average molecular weight is 630 g/mol. The number of hydrogen-bond donors (Lipinski definition) is 1. The van der Waals surface area contributed by atoms with Gasteiger partial charge in [-0.05, 0) is 101 Å². The van der Waals surface area contributed by atoms with E-state index in [1.165, 1.54) is 11.3 Å². The van der Waals surface area contributed by atoms with Gasteiger partial charge in [0.1, 0.15) is 10.8 Å². The molecule has 7 nitrogen and oxygen atoms in total. The summed E-state index contributed by atoms with van der Waals surface area (Å²) in [7, 11) is 1.96. The van der Waals surface area contributed by atoms with E-state index in [0.717, 1.165) is 73.3 Å². The molecule has 1 aliphatic rings. The third-order valence-electron chi connectivity index (χ3n) is 8.54. The van der Waals surface area contributed by atoms with Gasteiger partial charge in [0.15, 0.2) is 6.10 Å². The zero-order valence-electron chi connectivity index (χ0n) is 25.8. The van der Waals surface area contributed by atoms with Gasteiger partial charge in [-0.15, -0.1) is 11.3 Å². The van der Waals surface area contributed by atoms with Crippen molar-refractivity contribution in [2.75, 3.05) is 0 Å². The van der Waals surface area contributed by atoms with Gasteiger partial charge in [0, 0.05) is 46.0 Å². The second-order valence-corrected chi connectivity index (χ2v) is 14.3. The molecule has 228 valence electrons. The lowest BCUT2D eigenvalue weighted by atomic mass is 9.91. The number of halogens is 1. The maximum atomic E-state index is 12.7. The van der Waals surface area contributed by atoms with E-state index in [1.807, 2.05) is 69.8 Å². The summed E-state index contributed by atoms with van der Waals surface area (Å²) in [6.07, 6.45) is 1.52. The molecule has 44 heavy (non-hydrogen) atoms. The van der Waals surface area contributed by atoms with Crippen LogP contribution in [0, 0.1) is 12.8 Å². The van der Waals surface area contributed by atoms with Gasteiger partial charge in [-0.3, -0.25) is 9.48 Å². The maximum Gasteiger partial charge on any atom is 0.337 e. The highest BCUT2D eigenvalue weighted by molar-refractivity contribution is 7.22. The Bertz CT molecular complexity index is 1920. The second kappa shape index (κ2) is 11.4. The first-order valence-electron chi connectivity index (χ1n) is 14.9. The fraction of sp³-hybridized carbons (Fsp3) is 0.371. The Kier molecular flexibility index (Phi) is 7.89. The highest BCUT2D eigenvalue weighted by Gasteiger charge is 2.33. The van der Waals surface area contributed by atoms with Crippen molar-refractivity contribution >= 4 is 55.8 Å². The number of carbonyl (C=O) groups excluding carboxylic acids is 1. The number of carbonyl (C=O) groups is 2. The van der Waals surface area contributed by atoms with E-state index in [1.54, 1.807) is 6.92 Å². The Labute approximate surface area is 265 Å². The largest absolute Gasteiger partial charge is 0.479 e. The molecule has 0 radical (unpaired) electrons. The number of benzene rings is 3. The highest BCUT2D eigenvalue weighted by atomic mass is 35.5. The molecule has 1 N–H and O–H groups in total. The fourth-order valence-electron chi connectivity index (χ4n) is 6.49. The van der Waals surface area contributed by atoms with Crippen LogP contribution in [-0.2, 0) is 21.4 Å². The predicted octanol–water partition coefficient (Wildman–Crippen LogP) is 8.89. The highest BCUT2D eigenvalue weighted by Crippen LogP contribution is 2.46. The first kappa shape index (κ1) is 30.4. The Hall–Kier alpha value is -3.59. The van der Waals surface area contributed by atoms with Crippen LogP contribution in [-0.4, -0.2) is 37.2 Å². The number of aromatic nitrogens is 3. The van der Waals surface area contributed by atoms with E-state index in [2.05, 4.69) is 18.2 Å². The van der Waals surface area contributed by atoms with Crippen LogP contribution in [0.2, 0.25) is 5.02 Å². The smallest absolute Gasteiger partial charge is 0.337 e. The number of nitrogens with zero attached hydrogens (tertiary/aromatic N) is 3. The Balaban J connectivity index is 1.53. The number of ketones is 1. The molecule has 0 aliphatic heterocycles. The van der Waals surface area contributed by atoms with Crippen molar-refractivity contribution < 1.29 is 19.4 Å². The molecule has 6 rings (SSSR count). The van der Waals surface area contributed by atoms with Gasteiger partial charge in [-0.25, -0.2) is 9.78 Å². The normalized spacial score (nSPS) is 17.9. The number of fused-ring (bicyclic) bond motifs is 2. The third kappa shape index (κ3) is 5.67. The summed E-state index contributed by atoms with van der Waals surface area (Å²) in [5.74, 6) is -0.441. The van der Waals surface area contributed by atoms with Crippen LogP contribution in [0.3, 0.4) is 0 Å². The SMILES string of the molecule is CC(=O)C1CCC(c2nn(C)c3ccc(-c4nc5cc(C)c([C@H](OC(C)(C)C)C(=O)O)c(-c6ccc(Cl)cc6)c5s4)cc23)C1. The quantitative estimate of drug-likeness (QED) is 0.193. The molecule has 0 amide bonds. The van der Waals surface area contributed by atoms with Gasteiger partial charge in [-0.2, -0.15) is 5.10 Å². The van der Waals surface area contributed by atoms with Crippen LogP contribution in [0.15, 0.2) is 48.5 Å². The lowest BCUT2D eigenvalue weighted by molar-refractivity contribution is -0.160. The predicted molar refractivity (Wildman–Crippen MR) is 176 cm³/mol. The zero-order valence-corrected chi connectivity index (χ0v) is 27.3. The minimum atomic E-state index is -1.17. The molecular weight excluding hydrogens is 594 g/mol. The van der Waals surface area contributed by atoms with Gasteiger partial charge < -0.3 is 9.84 Å². The van der Waals surface area contributed by atoms with E-state index in [0.29, 0.717) is 10.6 Å². The molecule has 0 bridgehead atoms. The topological polar surface area (TPSA) is 94.3 Å². The molecule has 1 saturated carbocycles. The summed E-state index contributed by atoms with van der Waals surface area (Å²) in [4.78, 5) is 29.8. The lowest BCUT2D eigenvalue weighted by Gasteiger charge is -2.28. The minimum absolute atomic E-state index is 0.102. The summed E-state index contributed by atoms with van der Waals surface area (Å²) >= 11 is 7.79. The van der Waals surface area contributed by atoms with Crippen molar-refractivity contribution in [3.63, 3.8) is 0 Å². The van der Waals surface area contributed by atoms with E-state index in [9.17, 15) is 14.7 Å². The van der Waals surface area contributed by atoms with Gasteiger partial charge in [-0.1, -0.05) is 23.7 Å². The number of aryl methyl sites for hydroxylation is 2. The molecule has 2 heterocycles. The summed E-state index contributed by atoms with van der Waals surface area (Å²) in [5, 5.41) is 17.8. The van der Waals surface area contributed by atoms with Crippen LogP contribution in [0.25, 0.3) is 42.8 Å². The van der Waals surface area contributed by atoms with Gasteiger partial charge in [0.25, 0.3) is 0 Å². The van der Waals surface area contributed by atoms with Crippen LogP contribution in [0.1, 0.15) is 75.8 Å². The monoisotopic (exact) mass is 629 g/mol. The van der Waals surface area contributed by atoms with Crippen molar-refractivity contribution in [3.8, 4) is 21.7 Å². The molecule has 1 aliphatic carbocycles. The zero-order chi connectivity index (χ0) is 31.5. The standard InChI is InChI=1S/C35H36ClN3O4S/c1-18-15-26-32(29(20-9-12-24(36)13-10-20)28(18)31(34(41)42)43-35(3,4)5)44-33(37-26)23-11-14-27-25(17-23)30(38-39(27)6)22-8-7-21(16-22)19(2)40/h9-15,17,21-22,31H,7-8,16H2,1-6H3,(H,41,42)/t21?,22?,31-/m0/s1. The van der Waals surface area contributed by atoms with E-state index < -0.39 is 17.7 Å². The number of hydrogen-bond acceptors (Lipinski definition) is 6. The van der Waals surface area contributed by atoms with Crippen molar-refractivity contribution in [1.29, 1.82) is 0 Å². The number of rotatable bonds is 7. The molecule has 0 spiro atoms. The van der Waals surface area contributed by atoms with E-state index in [-0.39, 0.29) is 17.6 Å². The molecule has 0 saturated heterocycles. The first-order chi connectivity index (χ1) is 20.8. The number of ether oxygens (including phenoxy) is 1. The maximum absolute atomic E-state index is 12.7. The van der Waals surface area contributed by atoms with Crippen LogP contribution >= 0.6 is 22.9 Å². The van der Waals surface area contributed by atoms with Crippen molar-refractivity contribution in [1.82, 2.24) is 14.8 Å². The van der Waals surface area contributed by atoms with Gasteiger partial charge in [0.05, 0.1) is 27.0 Å². The van der Waals surface area contributed by atoms with Crippen LogP contribution < -0.4 is 0 Å². The van der Waals surface area contributed by atoms with Crippen molar-refractivity contribution in [3.05, 3.63) is 70.4 Å². The number of carboxylic acids is 1. The van der Waals surface area contributed by atoms with Crippen LogP contribution in [0.4, 0.5) is 0 Å². The van der Waals surface area contributed by atoms with Crippen LogP contribution in [0.5, 0.6) is 0 Å². The lowest BCUT2D eigenvalue weighted by Crippen LogP contribution is -2.28. The molecule has 1 fully saturated rings. The molecular formula is C35H36ClN3O4S. The number of aliphatic carboxylic acids is 1. The fourth-order valence-corrected chi connectivity index (χ4v) is 7.74. The molecule has 9 heteroatoms. The van der Waals surface area contributed by atoms with Gasteiger partial charge >= 0.3 is 5.97 Å². The minimum Gasteiger partial charge on any atom is -0.479 e. The number of Topliss-reactive ketones (excluding diaryl/α,β-unsaturated/α-hetero) is 1. The summed E-state index contributed by atoms with van der Waals surface area (Å²) in [6, 6.07) is 15.7. The summed E-state index contributed by atoms with van der Waals surface area (Å²) in [5.41, 5.74) is 6.22. The first-order valence-corrected chi connectivity index (χ1v) is 16.1. The molecule has 3 aromatic carbocycles. The Morgan fingerprint density at radius 2 is 1.80 bits per heavy atom. The van der Waals surface area contributed by atoms with Crippen molar-refractivity contribution in [2.45, 2.75) is 71.5 Å². The third-order valence-corrected chi connectivity index (χ3v) is 9.93. The van der Waals surface area contributed by atoms with Gasteiger partial charge in [0.2, 0.25) is 0 Å². The summed E-state index contributed by atoms with van der Waals surface area (Å²) < 4.78 is 8.96. The molecule has 5 aromatic rings. The molecule has 3 atom stereocenters. The van der Waals surface area contributed by atoms with Crippen molar-refractivity contribution in [2.24, 2.45) is 13.0 Å². The summed E-state index contributed by atoms with van der Waals surface area (Å²) in [6.45, 7) is 9.18. The molecule has 2 unspecified atom stereocenters. The molecule has 2 aromatic heterocycles. The van der Waals surface area contributed by atoms with E-state index >= 15 is 0 Å².